The normalized spacial score (nSPS) is 10.9. The Bertz CT molecular complexity index is 837. The SMILES string of the molecule is CCOc1c(OCC)c(OCC)c2nc3ccccc3nc2c1OCC. The lowest BCUT2D eigenvalue weighted by Crippen LogP contribution is -2.07. The van der Waals surface area contributed by atoms with Gasteiger partial charge < -0.3 is 18.9 Å². The maximum Gasteiger partial charge on any atom is 0.210 e. The molecule has 3 rings (SSSR count). The highest BCUT2D eigenvalue weighted by molar-refractivity contribution is 5.97. The molecule has 0 unspecified atom stereocenters. The Kier molecular flexibility index (Phi) is 5.61. The van der Waals surface area contributed by atoms with Crippen molar-refractivity contribution in [3.05, 3.63) is 24.3 Å². The summed E-state index contributed by atoms with van der Waals surface area (Å²) in [6.45, 7) is 9.58. The van der Waals surface area contributed by atoms with Gasteiger partial charge in [-0.3, -0.25) is 0 Å². The minimum atomic E-state index is 0.470. The van der Waals surface area contributed by atoms with E-state index in [2.05, 4.69) is 0 Å². The maximum atomic E-state index is 5.91. The minimum Gasteiger partial charge on any atom is -0.488 e. The van der Waals surface area contributed by atoms with Crippen LogP contribution < -0.4 is 18.9 Å². The Labute approximate surface area is 153 Å². The Balaban J connectivity index is 2.45. The van der Waals surface area contributed by atoms with E-state index < -0.39 is 0 Å². The van der Waals surface area contributed by atoms with E-state index in [0.717, 1.165) is 11.0 Å². The Morgan fingerprint density at radius 3 is 1.27 bits per heavy atom. The molecule has 138 valence electrons. The second-order valence-electron chi connectivity index (χ2n) is 5.46. The molecule has 0 saturated carbocycles. The first-order chi connectivity index (χ1) is 12.7. The number of nitrogens with zero attached hydrogens (tertiary/aromatic N) is 2. The van der Waals surface area contributed by atoms with Crippen molar-refractivity contribution in [1.82, 2.24) is 9.97 Å². The van der Waals surface area contributed by atoms with Crippen molar-refractivity contribution in [2.45, 2.75) is 27.7 Å². The van der Waals surface area contributed by atoms with Crippen molar-refractivity contribution in [3.63, 3.8) is 0 Å². The maximum absolute atomic E-state index is 5.91. The van der Waals surface area contributed by atoms with Crippen LogP contribution in [0.15, 0.2) is 24.3 Å². The summed E-state index contributed by atoms with van der Waals surface area (Å²) in [7, 11) is 0. The predicted octanol–water partition coefficient (Wildman–Crippen LogP) is 4.38. The van der Waals surface area contributed by atoms with Crippen molar-refractivity contribution in [3.8, 4) is 23.0 Å². The summed E-state index contributed by atoms with van der Waals surface area (Å²) in [4.78, 5) is 9.56. The Morgan fingerprint density at radius 2 is 0.923 bits per heavy atom. The first-order valence-electron chi connectivity index (χ1n) is 9.02. The van der Waals surface area contributed by atoms with E-state index in [1.54, 1.807) is 0 Å². The molecule has 0 radical (unpaired) electrons. The summed E-state index contributed by atoms with van der Waals surface area (Å²) in [5, 5.41) is 0. The molecule has 6 nitrogen and oxygen atoms in total. The summed E-state index contributed by atoms with van der Waals surface area (Å²) < 4.78 is 23.6. The highest BCUT2D eigenvalue weighted by Crippen LogP contribution is 2.50. The third kappa shape index (κ3) is 3.19. The van der Waals surface area contributed by atoms with Gasteiger partial charge in [0.15, 0.2) is 11.5 Å². The number of hydrogen-bond donors (Lipinski definition) is 0. The van der Waals surface area contributed by atoms with Gasteiger partial charge in [0.2, 0.25) is 11.5 Å². The van der Waals surface area contributed by atoms with E-state index in [-0.39, 0.29) is 0 Å². The first-order valence-corrected chi connectivity index (χ1v) is 9.02. The highest BCUT2D eigenvalue weighted by atomic mass is 16.6. The van der Waals surface area contributed by atoms with Gasteiger partial charge in [-0.1, -0.05) is 12.1 Å². The van der Waals surface area contributed by atoms with Gasteiger partial charge in [0, 0.05) is 0 Å². The number of para-hydroxylation sites is 2. The first kappa shape index (κ1) is 18.0. The predicted molar refractivity (Wildman–Crippen MR) is 102 cm³/mol. The molecule has 1 aromatic heterocycles. The van der Waals surface area contributed by atoms with Crippen LogP contribution in [-0.2, 0) is 0 Å². The number of fused-ring (bicyclic) bond motifs is 2. The van der Waals surface area contributed by atoms with Crippen LogP contribution in [0, 0.1) is 0 Å². The summed E-state index contributed by atoms with van der Waals surface area (Å²) >= 11 is 0. The largest absolute Gasteiger partial charge is 0.488 e. The zero-order chi connectivity index (χ0) is 18.5. The molecule has 26 heavy (non-hydrogen) atoms. The number of aromatic nitrogens is 2. The quantitative estimate of drug-likeness (QED) is 0.558. The van der Waals surface area contributed by atoms with E-state index >= 15 is 0 Å². The molecule has 0 N–H and O–H groups in total. The van der Waals surface area contributed by atoms with Gasteiger partial charge in [-0.2, -0.15) is 0 Å². The lowest BCUT2D eigenvalue weighted by atomic mass is 10.2. The molecule has 0 spiro atoms. The standard InChI is InChI=1S/C20H24N2O4/c1-5-23-17-15-16(22-14-12-10-9-11-13(14)21-15)18(24-6-2)20(26-8-4)19(17)25-7-3/h9-12H,5-8H2,1-4H3. The van der Waals surface area contributed by atoms with E-state index in [1.807, 2.05) is 52.0 Å². The number of hydrogen-bond acceptors (Lipinski definition) is 6. The third-order valence-electron chi connectivity index (χ3n) is 3.77. The van der Waals surface area contributed by atoms with Gasteiger partial charge in [-0.25, -0.2) is 9.97 Å². The Morgan fingerprint density at radius 1 is 0.577 bits per heavy atom. The van der Waals surface area contributed by atoms with Gasteiger partial charge in [-0.15, -0.1) is 0 Å². The molecule has 0 fully saturated rings. The molecular formula is C20H24N2O4. The van der Waals surface area contributed by atoms with Gasteiger partial charge in [-0.05, 0) is 39.8 Å². The fraction of sp³-hybridized carbons (Fsp3) is 0.400. The van der Waals surface area contributed by atoms with Gasteiger partial charge in [0.05, 0.1) is 37.5 Å². The summed E-state index contributed by atoms with van der Waals surface area (Å²) in [6, 6.07) is 7.72. The molecule has 0 atom stereocenters. The highest BCUT2D eigenvalue weighted by Gasteiger charge is 2.26. The van der Waals surface area contributed by atoms with Crippen molar-refractivity contribution in [2.24, 2.45) is 0 Å². The number of benzene rings is 2. The molecule has 0 aliphatic heterocycles. The van der Waals surface area contributed by atoms with Gasteiger partial charge in [0.25, 0.3) is 0 Å². The number of rotatable bonds is 8. The van der Waals surface area contributed by atoms with Crippen molar-refractivity contribution < 1.29 is 18.9 Å². The van der Waals surface area contributed by atoms with Crippen LogP contribution in [0.3, 0.4) is 0 Å². The van der Waals surface area contributed by atoms with Crippen LogP contribution in [0.2, 0.25) is 0 Å². The van der Waals surface area contributed by atoms with Crippen LogP contribution >= 0.6 is 0 Å². The number of ether oxygens (including phenoxy) is 4. The zero-order valence-corrected chi connectivity index (χ0v) is 15.7. The molecule has 0 amide bonds. The van der Waals surface area contributed by atoms with E-state index in [1.165, 1.54) is 0 Å². The zero-order valence-electron chi connectivity index (χ0n) is 15.7. The van der Waals surface area contributed by atoms with E-state index in [9.17, 15) is 0 Å². The van der Waals surface area contributed by atoms with Crippen LogP contribution in [0.1, 0.15) is 27.7 Å². The molecule has 0 aliphatic carbocycles. The second-order valence-corrected chi connectivity index (χ2v) is 5.46. The smallest absolute Gasteiger partial charge is 0.210 e. The monoisotopic (exact) mass is 356 g/mol. The van der Waals surface area contributed by atoms with Gasteiger partial charge >= 0.3 is 0 Å². The van der Waals surface area contributed by atoms with Crippen molar-refractivity contribution in [2.75, 3.05) is 26.4 Å². The molecule has 6 heteroatoms. The fourth-order valence-corrected chi connectivity index (χ4v) is 2.85. The molecule has 3 aromatic rings. The van der Waals surface area contributed by atoms with E-state index in [4.69, 9.17) is 28.9 Å². The molecular weight excluding hydrogens is 332 g/mol. The average Bonchev–Trinajstić information content (AvgIpc) is 2.66. The van der Waals surface area contributed by atoms with Crippen molar-refractivity contribution in [1.29, 1.82) is 0 Å². The topological polar surface area (TPSA) is 62.7 Å². The average molecular weight is 356 g/mol. The van der Waals surface area contributed by atoms with Crippen LogP contribution in [0.25, 0.3) is 22.1 Å². The minimum absolute atomic E-state index is 0.470. The molecule has 0 bridgehead atoms. The summed E-state index contributed by atoms with van der Waals surface area (Å²) in [6.07, 6.45) is 0. The molecule has 0 aliphatic rings. The van der Waals surface area contributed by atoms with Crippen LogP contribution in [0.4, 0.5) is 0 Å². The third-order valence-corrected chi connectivity index (χ3v) is 3.77. The van der Waals surface area contributed by atoms with Gasteiger partial charge in [0.1, 0.15) is 11.0 Å². The summed E-state index contributed by atoms with van der Waals surface area (Å²) in [5.41, 5.74) is 2.80. The fourth-order valence-electron chi connectivity index (χ4n) is 2.85. The molecule has 1 heterocycles. The second kappa shape index (κ2) is 8.08. The summed E-state index contributed by atoms with van der Waals surface area (Å²) in [5.74, 6) is 2.09. The Hall–Kier alpha value is -2.76. The van der Waals surface area contributed by atoms with Crippen molar-refractivity contribution >= 4 is 22.1 Å². The lowest BCUT2D eigenvalue weighted by Gasteiger charge is -2.20. The molecule has 0 saturated heterocycles. The lowest BCUT2D eigenvalue weighted by molar-refractivity contribution is 0.247. The van der Waals surface area contributed by atoms with Crippen LogP contribution in [0.5, 0.6) is 23.0 Å². The van der Waals surface area contributed by atoms with Crippen LogP contribution in [-0.4, -0.2) is 36.4 Å². The van der Waals surface area contributed by atoms with E-state index in [0.29, 0.717) is 60.5 Å². The molecule has 2 aromatic carbocycles.